The lowest BCUT2D eigenvalue weighted by Crippen LogP contribution is -2.37. The Hall–Kier alpha value is -2.47. The number of fused-ring (bicyclic) bond motifs is 1. The third-order valence-corrected chi connectivity index (χ3v) is 4.12. The maximum absolute atomic E-state index is 9.86. The van der Waals surface area contributed by atoms with Gasteiger partial charge in [-0.3, -0.25) is 0 Å². The largest absolute Gasteiger partial charge is 0.495 e. The highest BCUT2D eigenvalue weighted by molar-refractivity contribution is 5.61. The van der Waals surface area contributed by atoms with Gasteiger partial charge in [-0.2, -0.15) is 5.26 Å². The Morgan fingerprint density at radius 3 is 2.71 bits per heavy atom. The van der Waals surface area contributed by atoms with Crippen molar-refractivity contribution in [2.75, 3.05) is 12.4 Å². The number of aryl methyl sites for hydroxylation is 1. The maximum atomic E-state index is 9.86. The molecule has 1 unspecified atom stereocenters. The summed E-state index contributed by atoms with van der Waals surface area (Å²) in [4.78, 5) is 0. The number of ether oxygens (including phenoxy) is 1. The first kappa shape index (κ1) is 13.5. The van der Waals surface area contributed by atoms with Gasteiger partial charge >= 0.3 is 0 Å². The molecule has 0 aliphatic heterocycles. The molecule has 0 saturated heterocycles. The molecule has 1 aliphatic carbocycles. The molecule has 1 atom stereocenters. The van der Waals surface area contributed by atoms with E-state index in [4.69, 9.17) is 4.74 Å². The number of anilines is 1. The van der Waals surface area contributed by atoms with Crippen LogP contribution in [0.5, 0.6) is 5.75 Å². The van der Waals surface area contributed by atoms with E-state index in [1.807, 2.05) is 36.4 Å². The van der Waals surface area contributed by atoms with Crippen molar-refractivity contribution in [2.24, 2.45) is 0 Å². The van der Waals surface area contributed by atoms with E-state index in [1.165, 1.54) is 5.56 Å². The van der Waals surface area contributed by atoms with Crippen molar-refractivity contribution >= 4 is 5.69 Å². The first-order chi connectivity index (χ1) is 10.3. The second-order valence-corrected chi connectivity index (χ2v) is 5.35. The summed E-state index contributed by atoms with van der Waals surface area (Å²) in [5.41, 5.74) is 2.53. The predicted octanol–water partition coefficient (Wildman–Crippen LogP) is 3.86. The van der Waals surface area contributed by atoms with Crippen LogP contribution in [0.3, 0.4) is 0 Å². The Bertz CT molecular complexity index is 690. The fourth-order valence-electron chi connectivity index (χ4n) is 3.09. The normalized spacial score (nSPS) is 20.2. The van der Waals surface area contributed by atoms with Gasteiger partial charge < -0.3 is 10.1 Å². The molecule has 0 amide bonds. The number of para-hydroxylation sites is 2. The highest BCUT2D eigenvalue weighted by Crippen LogP contribution is 2.39. The third kappa shape index (κ3) is 2.34. The van der Waals surface area contributed by atoms with E-state index in [2.05, 4.69) is 23.5 Å². The van der Waals surface area contributed by atoms with Gasteiger partial charge in [0.15, 0.2) is 5.54 Å². The molecular formula is C18H18N2O. The lowest BCUT2D eigenvalue weighted by molar-refractivity contribution is 0.413. The van der Waals surface area contributed by atoms with Gasteiger partial charge in [-0.05, 0) is 42.5 Å². The van der Waals surface area contributed by atoms with E-state index >= 15 is 0 Å². The molecule has 3 heteroatoms. The molecule has 21 heavy (non-hydrogen) atoms. The number of nitriles is 1. The average molecular weight is 278 g/mol. The lowest BCUT2D eigenvalue weighted by Gasteiger charge is -2.35. The van der Waals surface area contributed by atoms with E-state index in [1.54, 1.807) is 7.11 Å². The van der Waals surface area contributed by atoms with Crippen molar-refractivity contribution in [3.05, 3.63) is 59.7 Å². The molecule has 2 aromatic carbocycles. The van der Waals surface area contributed by atoms with Crippen LogP contribution in [0.25, 0.3) is 0 Å². The molecule has 2 aromatic rings. The van der Waals surface area contributed by atoms with E-state index in [9.17, 15) is 5.26 Å². The summed E-state index contributed by atoms with van der Waals surface area (Å²) in [5, 5.41) is 13.3. The number of nitrogens with one attached hydrogen (secondary N) is 1. The van der Waals surface area contributed by atoms with Crippen LogP contribution in [0.2, 0.25) is 0 Å². The Morgan fingerprint density at radius 2 is 1.90 bits per heavy atom. The zero-order valence-electron chi connectivity index (χ0n) is 12.1. The predicted molar refractivity (Wildman–Crippen MR) is 83.3 cm³/mol. The molecule has 0 saturated carbocycles. The van der Waals surface area contributed by atoms with Crippen molar-refractivity contribution in [3.63, 3.8) is 0 Å². The lowest BCUT2D eigenvalue weighted by atomic mass is 9.77. The quantitative estimate of drug-likeness (QED) is 0.927. The van der Waals surface area contributed by atoms with Gasteiger partial charge in [-0.1, -0.05) is 36.4 Å². The molecule has 0 radical (unpaired) electrons. The minimum atomic E-state index is -0.677. The Labute approximate surface area is 125 Å². The third-order valence-electron chi connectivity index (χ3n) is 4.12. The van der Waals surface area contributed by atoms with Crippen molar-refractivity contribution in [1.82, 2.24) is 0 Å². The zero-order chi connectivity index (χ0) is 14.7. The Morgan fingerprint density at radius 1 is 1.14 bits per heavy atom. The summed E-state index contributed by atoms with van der Waals surface area (Å²) >= 11 is 0. The summed E-state index contributed by atoms with van der Waals surface area (Å²) in [6.07, 6.45) is 2.85. The van der Waals surface area contributed by atoms with Crippen molar-refractivity contribution in [3.8, 4) is 11.8 Å². The van der Waals surface area contributed by atoms with E-state index < -0.39 is 5.54 Å². The van der Waals surface area contributed by atoms with Crippen LogP contribution in [0.4, 0.5) is 5.69 Å². The van der Waals surface area contributed by atoms with Crippen LogP contribution in [-0.4, -0.2) is 7.11 Å². The fourth-order valence-corrected chi connectivity index (χ4v) is 3.09. The van der Waals surface area contributed by atoms with Crippen LogP contribution in [0.15, 0.2) is 48.5 Å². The minimum absolute atomic E-state index is 0.677. The SMILES string of the molecule is COc1ccccc1NC1(C#N)CCCc2ccccc21. The number of hydrogen-bond donors (Lipinski definition) is 1. The van der Waals surface area contributed by atoms with Gasteiger partial charge in [0.1, 0.15) is 5.75 Å². The first-order valence-electron chi connectivity index (χ1n) is 7.20. The fraction of sp³-hybridized carbons (Fsp3) is 0.278. The van der Waals surface area contributed by atoms with Crippen LogP contribution in [0, 0.1) is 11.3 Å². The number of hydrogen-bond acceptors (Lipinski definition) is 3. The van der Waals surface area contributed by atoms with Crippen LogP contribution in [-0.2, 0) is 12.0 Å². The van der Waals surface area contributed by atoms with Crippen LogP contribution >= 0.6 is 0 Å². The standard InChI is InChI=1S/C18H18N2O/c1-21-17-11-5-4-10-16(17)20-18(13-19)12-6-8-14-7-2-3-9-15(14)18/h2-5,7,9-11,20H,6,8,12H2,1H3. The molecule has 3 nitrogen and oxygen atoms in total. The molecule has 106 valence electrons. The summed E-state index contributed by atoms with van der Waals surface area (Å²) in [7, 11) is 1.65. The zero-order valence-corrected chi connectivity index (χ0v) is 12.1. The minimum Gasteiger partial charge on any atom is -0.495 e. The number of benzene rings is 2. The van der Waals surface area contributed by atoms with Gasteiger partial charge in [0.05, 0.1) is 18.9 Å². The van der Waals surface area contributed by atoms with Gasteiger partial charge in [0, 0.05) is 0 Å². The topological polar surface area (TPSA) is 45.0 Å². The van der Waals surface area contributed by atoms with Crippen molar-refractivity contribution in [1.29, 1.82) is 5.26 Å². The van der Waals surface area contributed by atoms with E-state index in [-0.39, 0.29) is 0 Å². The molecule has 0 heterocycles. The van der Waals surface area contributed by atoms with E-state index in [0.717, 1.165) is 36.3 Å². The molecule has 1 aliphatic rings. The van der Waals surface area contributed by atoms with E-state index in [0.29, 0.717) is 0 Å². The number of methoxy groups -OCH3 is 1. The first-order valence-corrected chi connectivity index (χ1v) is 7.20. The van der Waals surface area contributed by atoms with Gasteiger partial charge in [-0.15, -0.1) is 0 Å². The molecule has 1 N–H and O–H groups in total. The Balaban J connectivity index is 2.05. The monoisotopic (exact) mass is 278 g/mol. The van der Waals surface area contributed by atoms with Gasteiger partial charge in [0.2, 0.25) is 0 Å². The summed E-state index contributed by atoms with van der Waals surface area (Å²) in [5.74, 6) is 0.759. The van der Waals surface area contributed by atoms with Crippen LogP contribution in [0.1, 0.15) is 24.0 Å². The van der Waals surface area contributed by atoms with Crippen LogP contribution < -0.4 is 10.1 Å². The summed E-state index contributed by atoms with van der Waals surface area (Å²) in [6.45, 7) is 0. The molecule has 0 fully saturated rings. The molecule has 0 bridgehead atoms. The molecular weight excluding hydrogens is 260 g/mol. The number of nitrogens with zero attached hydrogens (tertiary/aromatic N) is 1. The average Bonchev–Trinajstić information content (AvgIpc) is 2.55. The smallest absolute Gasteiger partial charge is 0.151 e. The number of rotatable bonds is 3. The van der Waals surface area contributed by atoms with Gasteiger partial charge in [-0.25, -0.2) is 0 Å². The van der Waals surface area contributed by atoms with Crippen molar-refractivity contribution in [2.45, 2.75) is 24.8 Å². The maximum Gasteiger partial charge on any atom is 0.151 e. The highest BCUT2D eigenvalue weighted by atomic mass is 16.5. The van der Waals surface area contributed by atoms with Crippen molar-refractivity contribution < 1.29 is 4.74 Å². The highest BCUT2D eigenvalue weighted by Gasteiger charge is 2.37. The molecule has 0 aromatic heterocycles. The second kappa shape index (κ2) is 5.49. The molecule has 3 rings (SSSR count). The summed E-state index contributed by atoms with van der Waals surface area (Å²) < 4.78 is 5.39. The van der Waals surface area contributed by atoms with Gasteiger partial charge in [0.25, 0.3) is 0 Å². The molecule has 0 spiro atoms. The second-order valence-electron chi connectivity index (χ2n) is 5.35. The Kier molecular flexibility index (Phi) is 3.53. The summed E-state index contributed by atoms with van der Waals surface area (Å²) in [6, 6.07) is 18.5.